The fourth-order valence-corrected chi connectivity index (χ4v) is 2.27. The Morgan fingerprint density at radius 2 is 2.10 bits per heavy atom. The molecule has 0 fully saturated rings. The van der Waals surface area contributed by atoms with Crippen molar-refractivity contribution in [2.45, 2.75) is 33.6 Å². The third-order valence-corrected chi connectivity index (χ3v) is 3.23. The van der Waals surface area contributed by atoms with Gasteiger partial charge in [0, 0.05) is 18.7 Å². The fraction of sp³-hybridized carbons (Fsp3) is 0.471. The fourth-order valence-electron chi connectivity index (χ4n) is 2.27. The Balaban J connectivity index is 2.36. The van der Waals surface area contributed by atoms with Gasteiger partial charge in [-0.1, -0.05) is 26.8 Å². The summed E-state index contributed by atoms with van der Waals surface area (Å²) in [6, 6.07) is 10.1. The molecule has 0 aliphatic carbocycles. The average Bonchev–Trinajstić information content (AvgIpc) is 2.87. The van der Waals surface area contributed by atoms with E-state index in [1.165, 1.54) is 0 Å². The van der Waals surface area contributed by atoms with E-state index >= 15 is 0 Å². The number of ether oxygens (including phenoxy) is 1. The molecule has 0 aliphatic heterocycles. The Morgan fingerprint density at radius 3 is 2.76 bits per heavy atom. The first kappa shape index (κ1) is 15.4. The maximum Gasteiger partial charge on any atom is 0.130 e. The van der Waals surface area contributed by atoms with E-state index in [1.54, 1.807) is 7.11 Å². The summed E-state index contributed by atoms with van der Waals surface area (Å²) in [6.45, 7) is 7.53. The summed E-state index contributed by atoms with van der Waals surface area (Å²) in [5.74, 6) is 2.48. The van der Waals surface area contributed by atoms with Gasteiger partial charge in [0.05, 0.1) is 18.5 Å². The van der Waals surface area contributed by atoms with Crippen LogP contribution >= 0.6 is 0 Å². The second kappa shape index (κ2) is 7.16. The highest BCUT2D eigenvalue weighted by atomic mass is 16.5. The highest BCUT2D eigenvalue weighted by Crippen LogP contribution is 2.22. The number of nitrogens with one attached hydrogen (secondary N) is 1. The van der Waals surface area contributed by atoms with Gasteiger partial charge in [0.15, 0.2) is 0 Å². The van der Waals surface area contributed by atoms with Crippen LogP contribution in [0.1, 0.15) is 32.9 Å². The van der Waals surface area contributed by atoms with Gasteiger partial charge < -0.3 is 10.1 Å². The second-order valence-corrected chi connectivity index (χ2v) is 5.66. The summed E-state index contributed by atoms with van der Waals surface area (Å²) in [4.78, 5) is 0. The molecule has 0 saturated carbocycles. The van der Waals surface area contributed by atoms with Crippen LogP contribution in [-0.2, 0) is 6.42 Å². The molecule has 21 heavy (non-hydrogen) atoms. The molecule has 0 unspecified atom stereocenters. The van der Waals surface area contributed by atoms with Crippen LogP contribution in [0.15, 0.2) is 30.3 Å². The molecule has 4 heteroatoms. The van der Waals surface area contributed by atoms with Gasteiger partial charge in [-0.25, -0.2) is 4.68 Å². The molecule has 0 saturated heterocycles. The zero-order valence-electron chi connectivity index (χ0n) is 13.4. The van der Waals surface area contributed by atoms with Gasteiger partial charge in [-0.3, -0.25) is 0 Å². The first-order valence-electron chi connectivity index (χ1n) is 7.61. The van der Waals surface area contributed by atoms with E-state index in [4.69, 9.17) is 9.84 Å². The third kappa shape index (κ3) is 4.00. The predicted octanol–water partition coefficient (Wildman–Crippen LogP) is 3.90. The van der Waals surface area contributed by atoms with Gasteiger partial charge in [-0.05, 0) is 30.9 Å². The molecule has 0 atom stereocenters. The SMILES string of the molecule is CCCNc1cc(CC(C)C)nn1-c1cccc(OC)c1. The van der Waals surface area contributed by atoms with Crippen molar-refractivity contribution in [3.05, 3.63) is 36.0 Å². The largest absolute Gasteiger partial charge is 0.497 e. The molecule has 0 radical (unpaired) electrons. The minimum absolute atomic E-state index is 0.595. The van der Waals surface area contributed by atoms with Crippen LogP contribution in [0.25, 0.3) is 5.69 Å². The minimum atomic E-state index is 0.595. The molecule has 4 nitrogen and oxygen atoms in total. The number of rotatable bonds is 7. The van der Waals surface area contributed by atoms with Crippen molar-refractivity contribution >= 4 is 5.82 Å². The Morgan fingerprint density at radius 1 is 1.29 bits per heavy atom. The molecule has 2 rings (SSSR count). The van der Waals surface area contributed by atoms with E-state index < -0.39 is 0 Å². The van der Waals surface area contributed by atoms with Gasteiger partial charge in [-0.15, -0.1) is 0 Å². The Kier molecular flexibility index (Phi) is 5.26. The van der Waals surface area contributed by atoms with E-state index in [2.05, 4.69) is 32.2 Å². The van der Waals surface area contributed by atoms with Gasteiger partial charge in [0.1, 0.15) is 11.6 Å². The van der Waals surface area contributed by atoms with Crippen molar-refractivity contribution in [3.8, 4) is 11.4 Å². The van der Waals surface area contributed by atoms with E-state index in [-0.39, 0.29) is 0 Å². The van der Waals surface area contributed by atoms with Crippen molar-refractivity contribution in [1.29, 1.82) is 0 Å². The van der Waals surface area contributed by atoms with Gasteiger partial charge in [-0.2, -0.15) is 5.10 Å². The van der Waals surface area contributed by atoms with Crippen molar-refractivity contribution < 1.29 is 4.74 Å². The third-order valence-electron chi connectivity index (χ3n) is 3.23. The summed E-state index contributed by atoms with van der Waals surface area (Å²) in [7, 11) is 1.68. The van der Waals surface area contributed by atoms with Crippen LogP contribution in [0.3, 0.4) is 0 Å². The molecule has 1 N–H and O–H groups in total. The molecule has 1 heterocycles. The van der Waals surface area contributed by atoms with Crippen molar-refractivity contribution in [2.24, 2.45) is 5.92 Å². The van der Waals surface area contributed by atoms with E-state index in [9.17, 15) is 0 Å². The van der Waals surface area contributed by atoms with Gasteiger partial charge >= 0.3 is 0 Å². The molecular weight excluding hydrogens is 262 g/mol. The maximum atomic E-state index is 5.31. The maximum absolute atomic E-state index is 5.31. The van der Waals surface area contributed by atoms with Crippen molar-refractivity contribution in [1.82, 2.24) is 9.78 Å². The number of hydrogen-bond donors (Lipinski definition) is 1. The van der Waals surface area contributed by atoms with Crippen LogP contribution in [-0.4, -0.2) is 23.4 Å². The summed E-state index contributed by atoms with van der Waals surface area (Å²) in [5, 5.41) is 8.20. The van der Waals surface area contributed by atoms with Crippen LogP contribution in [0.5, 0.6) is 5.75 Å². The summed E-state index contributed by atoms with van der Waals surface area (Å²) in [5.41, 5.74) is 2.13. The highest BCUT2D eigenvalue weighted by Gasteiger charge is 2.11. The molecular formula is C17H25N3O. The molecule has 2 aromatic rings. The number of nitrogens with zero attached hydrogens (tertiary/aromatic N) is 2. The van der Waals surface area contributed by atoms with Crippen LogP contribution in [0, 0.1) is 5.92 Å². The monoisotopic (exact) mass is 287 g/mol. The van der Waals surface area contributed by atoms with Gasteiger partial charge in [0.25, 0.3) is 0 Å². The first-order chi connectivity index (χ1) is 10.1. The molecule has 0 amide bonds. The highest BCUT2D eigenvalue weighted by molar-refractivity contribution is 5.48. The summed E-state index contributed by atoms with van der Waals surface area (Å²) >= 11 is 0. The lowest BCUT2D eigenvalue weighted by atomic mass is 10.1. The molecule has 0 aliphatic rings. The quantitative estimate of drug-likeness (QED) is 0.839. The van der Waals surface area contributed by atoms with Crippen LogP contribution < -0.4 is 10.1 Å². The summed E-state index contributed by atoms with van der Waals surface area (Å²) < 4.78 is 7.28. The van der Waals surface area contributed by atoms with E-state index in [0.717, 1.165) is 42.3 Å². The lowest BCUT2D eigenvalue weighted by Gasteiger charge is -2.10. The average molecular weight is 287 g/mol. The predicted molar refractivity (Wildman–Crippen MR) is 87.4 cm³/mol. The number of aromatic nitrogens is 2. The Hall–Kier alpha value is -1.97. The van der Waals surface area contributed by atoms with Crippen LogP contribution in [0.4, 0.5) is 5.82 Å². The second-order valence-electron chi connectivity index (χ2n) is 5.66. The zero-order valence-corrected chi connectivity index (χ0v) is 13.4. The van der Waals surface area contributed by atoms with Crippen molar-refractivity contribution in [3.63, 3.8) is 0 Å². The zero-order chi connectivity index (χ0) is 15.2. The molecule has 114 valence electrons. The Bertz CT molecular complexity index is 575. The minimum Gasteiger partial charge on any atom is -0.497 e. The summed E-state index contributed by atoms with van der Waals surface area (Å²) in [6.07, 6.45) is 2.07. The number of hydrogen-bond acceptors (Lipinski definition) is 3. The number of anilines is 1. The van der Waals surface area contributed by atoms with E-state index in [0.29, 0.717) is 5.92 Å². The lowest BCUT2D eigenvalue weighted by Crippen LogP contribution is -2.07. The molecule has 1 aromatic heterocycles. The smallest absolute Gasteiger partial charge is 0.130 e. The van der Waals surface area contributed by atoms with Crippen LogP contribution in [0.2, 0.25) is 0 Å². The number of methoxy groups -OCH3 is 1. The van der Waals surface area contributed by atoms with E-state index in [1.807, 2.05) is 28.9 Å². The molecule has 0 bridgehead atoms. The standard InChI is InChI=1S/C17H25N3O/c1-5-9-18-17-11-14(10-13(2)3)19-20(17)15-7-6-8-16(12-15)21-4/h6-8,11-13,18H,5,9-10H2,1-4H3. The normalized spacial score (nSPS) is 10.9. The topological polar surface area (TPSA) is 39.1 Å². The molecule has 1 aromatic carbocycles. The lowest BCUT2D eigenvalue weighted by molar-refractivity contribution is 0.414. The molecule has 0 spiro atoms. The Labute approximate surface area is 127 Å². The van der Waals surface area contributed by atoms with Crippen molar-refractivity contribution in [2.75, 3.05) is 19.0 Å². The first-order valence-corrected chi connectivity index (χ1v) is 7.61. The van der Waals surface area contributed by atoms with Gasteiger partial charge in [0.2, 0.25) is 0 Å². The number of benzene rings is 1.